The minimum absolute atomic E-state index is 0.0182. The van der Waals surface area contributed by atoms with Crippen LogP contribution in [0.5, 0.6) is 11.9 Å². The molecule has 0 spiro atoms. The third-order valence-corrected chi connectivity index (χ3v) is 8.37. The monoisotopic (exact) mass is 610 g/mol. The van der Waals surface area contributed by atoms with Crippen LogP contribution in [0.1, 0.15) is 57.6 Å². The predicted molar refractivity (Wildman–Crippen MR) is 151 cm³/mol. The number of aromatic nitrogens is 3. The number of alkyl halides is 3. The van der Waals surface area contributed by atoms with Crippen molar-refractivity contribution >= 4 is 22.4 Å². The molecule has 2 aliphatic rings. The summed E-state index contributed by atoms with van der Waals surface area (Å²) in [6, 6.07) is 0.500. The number of aliphatic hydroxyl groups is 1. The van der Waals surface area contributed by atoms with Gasteiger partial charge in [0.1, 0.15) is 28.2 Å². The molecule has 234 valence electrons. The molecule has 2 aromatic heterocycles. The van der Waals surface area contributed by atoms with Gasteiger partial charge in [0.15, 0.2) is 5.82 Å². The maximum absolute atomic E-state index is 16.5. The number of pyridine rings is 1. The van der Waals surface area contributed by atoms with E-state index in [1.54, 1.807) is 13.8 Å². The molecule has 0 saturated heterocycles. The molecule has 0 radical (unpaired) electrons. The fourth-order valence-corrected chi connectivity index (χ4v) is 5.32. The number of ether oxygens (including phenoxy) is 2. The average Bonchev–Trinajstić information content (AvgIpc) is 3.74. The zero-order valence-electron chi connectivity index (χ0n) is 24.3. The average molecular weight is 611 g/mol. The first-order chi connectivity index (χ1) is 20.3. The number of anilines is 2. The van der Waals surface area contributed by atoms with E-state index in [9.17, 15) is 22.7 Å². The number of hydrogen-bond acceptors (Lipinski definition) is 9. The van der Waals surface area contributed by atoms with Crippen LogP contribution in [-0.4, -0.2) is 58.0 Å². The molecule has 3 atom stereocenters. The van der Waals surface area contributed by atoms with Gasteiger partial charge in [0.25, 0.3) is 0 Å². The van der Waals surface area contributed by atoms with Crippen molar-refractivity contribution in [2.75, 3.05) is 30.7 Å². The van der Waals surface area contributed by atoms with Crippen molar-refractivity contribution in [3.05, 3.63) is 28.8 Å². The molecule has 9 nitrogen and oxygen atoms in total. The number of nitrogen functional groups attached to an aromatic ring is 1. The summed E-state index contributed by atoms with van der Waals surface area (Å²) >= 11 is 0. The van der Waals surface area contributed by atoms with E-state index in [4.69, 9.17) is 15.2 Å². The van der Waals surface area contributed by atoms with Gasteiger partial charge in [-0.3, -0.25) is 0 Å². The van der Waals surface area contributed by atoms with E-state index in [1.165, 1.54) is 0 Å². The highest BCUT2D eigenvalue weighted by molar-refractivity contribution is 5.96. The third kappa shape index (κ3) is 5.99. The number of nitrogens with zero attached hydrogens (tertiary/aromatic N) is 3. The topological polar surface area (TPSA) is 127 Å². The summed E-state index contributed by atoms with van der Waals surface area (Å²) in [6.45, 7) is 7.35. The minimum Gasteiger partial charge on any atom is -0.474 e. The zero-order chi connectivity index (χ0) is 31.3. The number of halogens is 5. The molecule has 3 heterocycles. The summed E-state index contributed by atoms with van der Waals surface area (Å²) in [5, 5.41) is 16.8. The second-order valence-electron chi connectivity index (χ2n) is 11.5. The summed E-state index contributed by atoms with van der Waals surface area (Å²) in [5.74, 6) is -2.54. The Morgan fingerprint density at radius 2 is 1.93 bits per heavy atom. The van der Waals surface area contributed by atoms with Crippen molar-refractivity contribution in [1.82, 2.24) is 20.3 Å². The lowest BCUT2D eigenvalue weighted by Gasteiger charge is -2.22. The molecule has 1 fully saturated rings. The Morgan fingerprint density at radius 1 is 1.21 bits per heavy atom. The number of nitrogens with one attached hydrogen (secondary N) is 2. The Bertz CT molecular complexity index is 1530. The Morgan fingerprint density at radius 3 is 2.56 bits per heavy atom. The van der Waals surface area contributed by atoms with Crippen molar-refractivity contribution in [3.8, 4) is 23.1 Å². The Kier molecular flexibility index (Phi) is 8.29. The predicted octanol–water partition coefficient (Wildman–Crippen LogP) is 5.37. The van der Waals surface area contributed by atoms with Gasteiger partial charge in [-0.1, -0.05) is 6.92 Å². The fourth-order valence-electron chi connectivity index (χ4n) is 5.32. The van der Waals surface area contributed by atoms with Crippen LogP contribution >= 0.6 is 0 Å². The van der Waals surface area contributed by atoms with Gasteiger partial charge in [0, 0.05) is 23.6 Å². The third-order valence-electron chi connectivity index (χ3n) is 8.37. The van der Waals surface area contributed by atoms with E-state index in [1.807, 2.05) is 6.92 Å². The van der Waals surface area contributed by atoms with Crippen LogP contribution in [0.4, 0.5) is 33.5 Å². The van der Waals surface area contributed by atoms with E-state index >= 15 is 4.39 Å². The van der Waals surface area contributed by atoms with E-state index in [0.717, 1.165) is 32.3 Å². The molecule has 5 rings (SSSR count). The SMILES string of the molecule is CCC1CNc2nc(OCC3(C(C)O)CC3)nc3c(F)c(-c4cc(N)c(F)c(C)c4C(F)(F)F)nc(c23)O[C@@H](C)CCN1. The van der Waals surface area contributed by atoms with E-state index < -0.39 is 69.0 Å². The summed E-state index contributed by atoms with van der Waals surface area (Å²) in [5.41, 5.74) is 0.538. The van der Waals surface area contributed by atoms with Crippen LogP contribution in [0.2, 0.25) is 0 Å². The highest BCUT2D eigenvalue weighted by Crippen LogP contribution is 2.49. The van der Waals surface area contributed by atoms with E-state index in [-0.39, 0.29) is 35.7 Å². The second-order valence-corrected chi connectivity index (χ2v) is 11.5. The number of rotatable bonds is 6. The largest absolute Gasteiger partial charge is 0.474 e. The van der Waals surface area contributed by atoms with Gasteiger partial charge in [-0.2, -0.15) is 23.1 Å². The van der Waals surface area contributed by atoms with E-state index in [2.05, 4.69) is 25.6 Å². The summed E-state index contributed by atoms with van der Waals surface area (Å²) in [7, 11) is 0. The standard InChI is InChI=1S/C29H35F5N6O3/c1-5-16-11-37-25-19-24(39-27(40-25)42-12-28(7-8-28)15(4)41)22(31)23(38-26(19)43-13(2)6-9-36-16)17-10-18(35)21(30)14(3)20(17)29(32,33)34/h10,13,15-16,36,41H,5-9,11-12,35H2,1-4H3,(H,37,39,40)/t13-,15?,16?/m0/s1. The van der Waals surface area contributed by atoms with Crippen LogP contribution in [0.15, 0.2) is 6.07 Å². The van der Waals surface area contributed by atoms with Crippen LogP contribution in [0.3, 0.4) is 0 Å². The quantitative estimate of drug-likeness (QED) is 0.215. The normalized spacial score (nSPS) is 21.0. The molecule has 2 unspecified atom stereocenters. The molecule has 43 heavy (non-hydrogen) atoms. The first-order valence-electron chi connectivity index (χ1n) is 14.3. The molecule has 0 amide bonds. The minimum atomic E-state index is -5.06. The molecule has 0 bridgehead atoms. The fraction of sp³-hybridized carbons (Fsp3) is 0.552. The first-order valence-corrected chi connectivity index (χ1v) is 14.3. The van der Waals surface area contributed by atoms with Gasteiger partial charge < -0.3 is 30.9 Å². The lowest BCUT2D eigenvalue weighted by Crippen LogP contribution is -2.36. The van der Waals surface area contributed by atoms with Crippen LogP contribution < -0.4 is 25.8 Å². The van der Waals surface area contributed by atoms with Gasteiger partial charge in [-0.05, 0) is 64.6 Å². The van der Waals surface area contributed by atoms with Crippen LogP contribution in [0.25, 0.3) is 22.2 Å². The Labute approximate surface area is 245 Å². The lowest BCUT2D eigenvalue weighted by molar-refractivity contribution is -0.137. The molecule has 5 N–H and O–H groups in total. The molecule has 1 aromatic carbocycles. The molecule has 3 aromatic rings. The highest BCUT2D eigenvalue weighted by atomic mass is 19.4. The van der Waals surface area contributed by atoms with E-state index in [0.29, 0.717) is 19.5 Å². The first kappa shape index (κ1) is 30.9. The number of hydrogen-bond donors (Lipinski definition) is 4. The molecule has 1 saturated carbocycles. The maximum Gasteiger partial charge on any atom is 0.417 e. The molecule has 1 aliphatic carbocycles. The van der Waals surface area contributed by atoms with Crippen molar-refractivity contribution in [1.29, 1.82) is 0 Å². The van der Waals surface area contributed by atoms with Gasteiger partial charge in [-0.15, -0.1) is 0 Å². The molecule has 1 aliphatic heterocycles. The Balaban J connectivity index is 1.76. The van der Waals surface area contributed by atoms with Crippen LogP contribution in [0, 0.1) is 24.0 Å². The molecule has 14 heteroatoms. The summed E-state index contributed by atoms with van der Waals surface area (Å²) < 4.78 is 85.9. The lowest BCUT2D eigenvalue weighted by atomic mass is 9.96. The van der Waals surface area contributed by atoms with Crippen molar-refractivity contribution in [2.24, 2.45) is 5.41 Å². The number of nitrogens with two attached hydrogens (primary N) is 1. The highest BCUT2D eigenvalue weighted by Gasteiger charge is 2.48. The van der Waals surface area contributed by atoms with Crippen molar-refractivity contribution in [2.45, 2.75) is 77.8 Å². The number of aliphatic hydroxyl groups excluding tert-OH is 1. The Hall–Kier alpha value is -3.52. The molecular formula is C29H35F5N6O3. The van der Waals surface area contributed by atoms with Gasteiger partial charge >= 0.3 is 12.2 Å². The zero-order valence-corrected chi connectivity index (χ0v) is 24.3. The maximum atomic E-state index is 16.5. The van der Waals surface area contributed by atoms with Crippen LogP contribution in [-0.2, 0) is 6.18 Å². The van der Waals surface area contributed by atoms with Gasteiger partial charge in [-0.25, -0.2) is 13.8 Å². The smallest absolute Gasteiger partial charge is 0.417 e. The van der Waals surface area contributed by atoms with Gasteiger partial charge in [0.05, 0.1) is 30.1 Å². The second kappa shape index (κ2) is 11.5. The summed E-state index contributed by atoms with van der Waals surface area (Å²) in [6.07, 6.45) is -3.48. The summed E-state index contributed by atoms with van der Waals surface area (Å²) in [4.78, 5) is 13.0. The number of benzene rings is 1. The van der Waals surface area contributed by atoms with Gasteiger partial charge in [0.2, 0.25) is 5.88 Å². The van der Waals surface area contributed by atoms with Crippen molar-refractivity contribution < 1.29 is 36.5 Å². The molecular weight excluding hydrogens is 575 g/mol. The van der Waals surface area contributed by atoms with Crippen molar-refractivity contribution in [3.63, 3.8) is 0 Å².